The molecule has 1 aromatic carbocycles. The Balaban J connectivity index is 1.97. The summed E-state index contributed by atoms with van der Waals surface area (Å²) in [4.78, 5) is 23.5. The minimum Gasteiger partial charge on any atom is -0.508 e. The highest BCUT2D eigenvalue weighted by molar-refractivity contribution is 5.94. The van der Waals surface area contributed by atoms with Crippen molar-refractivity contribution in [2.24, 2.45) is 5.41 Å². The molecule has 5 heteroatoms. The Morgan fingerprint density at radius 3 is 2.45 bits per heavy atom. The van der Waals surface area contributed by atoms with Crippen LogP contribution in [-0.4, -0.2) is 16.8 Å². The number of carbonyl (C=O) groups is 2. The summed E-state index contributed by atoms with van der Waals surface area (Å²) in [5, 5.41) is 9.17. The van der Waals surface area contributed by atoms with Gasteiger partial charge in [-0.1, -0.05) is 13.8 Å². The molecule has 0 saturated carbocycles. The van der Waals surface area contributed by atoms with Crippen molar-refractivity contribution >= 4 is 11.7 Å². The zero-order chi connectivity index (χ0) is 14.8. The molecule has 0 radical (unpaired) electrons. The lowest BCUT2D eigenvalue weighted by atomic mass is 9.79. The second kappa shape index (κ2) is 5.36. The molecule has 1 amide bonds. The number of ketones is 1. The summed E-state index contributed by atoms with van der Waals surface area (Å²) >= 11 is 0. The highest BCUT2D eigenvalue weighted by Crippen LogP contribution is 2.32. The topological polar surface area (TPSA) is 78.4 Å². The summed E-state index contributed by atoms with van der Waals surface area (Å²) in [6.45, 7) is 4.03. The molecule has 0 fully saturated rings. The largest absolute Gasteiger partial charge is 0.508 e. The Hall–Kier alpha value is -2.30. The molecule has 0 saturated heterocycles. The lowest BCUT2D eigenvalue weighted by Gasteiger charge is -2.29. The molecule has 20 heavy (non-hydrogen) atoms. The number of phenolic OH excluding ortho intramolecular Hbond substituents is 1. The molecule has 0 spiro atoms. The number of allylic oxidation sites excluding steroid dienone is 2. The van der Waals surface area contributed by atoms with Crippen molar-refractivity contribution in [3.8, 4) is 5.75 Å². The number of hydrogen-bond donors (Lipinski definition) is 3. The highest BCUT2D eigenvalue weighted by Gasteiger charge is 2.27. The first-order chi connectivity index (χ1) is 9.35. The van der Waals surface area contributed by atoms with E-state index in [9.17, 15) is 9.59 Å². The molecular weight excluding hydrogens is 256 g/mol. The van der Waals surface area contributed by atoms with Gasteiger partial charge in [-0.05, 0) is 36.1 Å². The van der Waals surface area contributed by atoms with Gasteiger partial charge in [0.15, 0.2) is 5.78 Å². The summed E-state index contributed by atoms with van der Waals surface area (Å²) in [5.74, 6) is -0.152. The van der Waals surface area contributed by atoms with Crippen molar-refractivity contribution in [2.75, 3.05) is 0 Å². The van der Waals surface area contributed by atoms with E-state index in [0.29, 0.717) is 24.1 Å². The van der Waals surface area contributed by atoms with Crippen molar-refractivity contribution in [3.63, 3.8) is 0 Å². The van der Waals surface area contributed by atoms with Gasteiger partial charge in [0.05, 0.1) is 0 Å². The fourth-order valence-corrected chi connectivity index (χ4v) is 2.25. The van der Waals surface area contributed by atoms with E-state index in [-0.39, 0.29) is 22.9 Å². The number of hydrogen-bond acceptors (Lipinski definition) is 4. The average molecular weight is 274 g/mol. The molecule has 106 valence electrons. The maximum Gasteiger partial charge on any atom is 0.269 e. The first-order valence-corrected chi connectivity index (χ1v) is 6.44. The lowest BCUT2D eigenvalue weighted by molar-refractivity contribution is -0.117. The van der Waals surface area contributed by atoms with Crippen molar-refractivity contribution < 1.29 is 14.7 Å². The van der Waals surface area contributed by atoms with E-state index >= 15 is 0 Å². The van der Waals surface area contributed by atoms with E-state index in [4.69, 9.17) is 5.11 Å². The fourth-order valence-electron chi connectivity index (χ4n) is 2.25. The van der Waals surface area contributed by atoms with Crippen molar-refractivity contribution in [3.05, 3.63) is 41.6 Å². The zero-order valence-corrected chi connectivity index (χ0v) is 11.6. The van der Waals surface area contributed by atoms with Crippen molar-refractivity contribution in [1.82, 2.24) is 10.9 Å². The van der Waals surface area contributed by atoms with Gasteiger partial charge < -0.3 is 10.5 Å². The van der Waals surface area contributed by atoms with E-state index < -0.39 is 0 Å². The molecule has 0 atom stereocenters. The second-order valence-corrected chi connectivity index (χ2v) is 5.78. The third-order valence-electron chi connectivity index (χ3n) is 3.12. The Morgan fingerprint density at radius 1 is 1.20 bits per heavy atom. The molecule has 1 aliphatic carbocycles. The summed E-state index contributed by atoms with van der Waals surface area (Å²) in [5.41, 5.74) is 6.39. The summed E-state index contributed by atoms with van der Waals surface area (Å²) in [6.07, 6.45) is 2.75. The third-order valence-corrected chi connectivity index (χ3v) is 3.12. The number of rotatable bonds is 3. The Labute approximate surface area is 117 Å². The first-order valence-electron chi connectivity index (χ1n) is 6.44. The van der Waals surface area contributed by atoms with Crippen LogP contribution in [0.25, 0.3) is 0 Å². The van der Waals surface area contributed by atoms with Crippen molar-refractivity contribution in [2.45, 2.75) is 26.7 Å². The Bertz CT molecular complexity index is 559. The van der Waals surface area contributed by atoms with Gasteiger partial charge in [0.1, 0.15) is 5.75 Å². The molecule has 0 unspecified atom stereocenters. The average Bonchev–Trinajstić information content (AvgIpc) is 2.34. The number of benzene rings is 1. The van der Waals surface area contributed by atoms with Crippen LogP contribution in [0.15, 0.2) is 36.0 Å². The minimum atomic E-state index is -0.318. The van der Waals surface area contributed by atoms with E-state index in [0.717, 1.165) is 0 Å². The predicted molar refractivity (Wildman–Crippen MR) is 74.8 cm³/mol. The molecular formula is C15H18N2O3. The second-order valence-electron chi connectivity index (χ2n) is 5.78. The van der Waals surface area contributed by atoms with Crippen LogP contribution in [0.4, 0.5) is 0 Å². The van der Waals surface area contributed by atoms with Crippen molar-refractivity contribution in [1.29, 1.82) is 0 Å². The SMILES string of the molecule is CC1(C)CC(=O)C=C(NNC(=O)c2ccc(O)cc2)C1. The molecule has 1 aliphatic rings. The van der Waals surface area contributed by atoms with E-state index in [1.165, 1.54) is 30.3 Å². The van der Waals surface area contributed by atoms with Crippen LogP contribution in [0, 0.1) is 5.41 Å². The number of phenols is 1. The third kappa shape index (κ3) is 3.60. The molecule has 5 nitrogen and oxygen atoms in total. The van der Waals surface area contributed by atoms with Gasteiger partial charge in [0, 0.05) is 23.8 Å². The quantitative estimate of drug-likeness (QED) is 0.736. The van der Waals surface area contributed by atoms with Crippen LogP contribution in [-0.2, 0) is 4.79 Å². The van der Waals surface area contributed by atoms with E-state index in [2.05, 4.69) is 10.9 Å². The van der Waals surface area contributed by atoms with Crippen LogP contribution >= 0.6 is 0 Å². The summed E-state index contributed by atoms with van der Waals surface area (Å²) in [6, 6.07) is 5.94. The van der Waals surface area contributed by atoms with Gasteiger partial charge in [-0.15, -0.1) is 0 Å². The minimum absolute atomic E-state index is 0.0580. The molecule has 3 N–H and O–H groups in total. The lowest BCUT2D eigenvalue weighted by Crippen LogP contribution is -2.39. The monoisotopic (exact) mass is 274 g/mol. The Morgan fingerprint density at radius 2 is 1.85 bits per heavy atom. The first kappa shape index (κ1) is 14.1. The number of nitrogens with one attached hydrogen (secondary N) is 2. The van der Waals surface area contributed by atoms with Crippen LogP contribution in [0.2, 0.25) is 0 Å². The highest BCUT2D eigenvalue weighted by atomic mass is 16.3. The predicted octanol–water partition coefficient (Wildman–Crippen LogP) is 1.90. The number of carbonyl (C=O) groups excluding carboxylic acids is 2. The van der Waals surface area contributed by atoms with Gasteiger partial charge in [-0.2, -0.15) is 0 Å². The summed E-state index contributed by atoms with van der Waals surface area (Å²) in [7, 11) is 0. The molecule has 0 bridgehead atoms. The number of aromatic hydroxyl groups is 1. The molecule has 2 rings (SSSR count). The molecule has 0 aliphatic heterocycles. The number of hydrazine groups is 1. The molecule has 1 aromatic rings. The Kier molecular flexibility index (Phi) is 3.79. The van der Waals surface area contributed by atoms with Crippen LogP contribution < -0.4 is 10.9 Å². The zero-order valence-electron chi connectivity index (χ0n) is 11.6. The fraction of sp³-hybridized carbons (Fsp3) is 0.333. The van der Waals surface area contributed by atoms with Gasteiger partial charge in [0.2, 0.25) is 0 Å². The van der Waals surface area contributed by atoms with Gasteiger partial charge in [0.25, 0.3) is 5.91 Å². The van der Waals surface area contributed by atoms with Crippen LogP contribution in [0.1, 0.15) is 37.0 Å². The maximum atomic E-state index is 11.9. The van der Waals surface area contributed by atoms with E-state index in [1.807, 2.05) is 13.8 Å². The van der Waals surface area contributed by atoms with Gasteiger partial charge in [-0.3, -0.25) is 15.0 Å². The number of amides is 1. The van der Waals surface area contributed by atoms with Gasteiger partial charge in [-0.25, -0.2) is 0 Å². The standard InChI is InChI=1S/C15H18N2O3/c1-15(2)8-11(7-13(19)9-15)16-17-14(20)10-3-5-12(18)6-4-10/h3-7,16,18H,8-9H2,1-2H3,(H,17,20). The smallest absolute Gasteiger partial charge is 0.269 e. The normalized spacial score (nSPS) is 17.3. The van der Waals surface area contributed by atoms with Crippen LogP contribution in [0.5, 0.6) is 5.75 Å². The molecule has 0 heterocycles. The maximum absolute atomic E-state index is 11.9. The van der Waals surface area contributed by atoms with Gasteiger partial charge >= 0.3 is 0 Å². The summed E-state index contributed by atoms with van der Waals surface area (Å²) < 4.78 is 0. The van der Waals surface area contributed by atoms with E-state index in [1.54, 1.807) is 0 Å². The molecule has 0 aromatic heterocycles. The van der Waals surface area contributed by atoms with Crippen LogP contribution in [0.3, 0.4) is 0 Å².